The number of fused-ring (bicyclic) bond motifs is 1. The largest absolute Gasteiger partial charge is 0.369 e. The van der Waals surface area contributed by atoms with Gasteiger partial charge in [-0.15, -0.1) is 28.8 Å². The van der Waals surface area contributed by atoms with E-state index in [1.54, 1.807) is 23.7 Å². The Balaban J connectivity index is 0.00000176. The van der Waals surface area contributed by atoms with E-state index >= 15 is 0 Å². The number of pyridine rings is 1. The van der Waals surface area contributed by atoms with E-state index in [-0.39, 0.29) is 18.4 Å². The summed E-state index contributed by atoms with van der Waals surface area (Å²) in [7, 11) is 0. The molecule has 0 unspecified atom stereocenters. The molecule has 0 amide bonds. The summed E-state index contributed by atoms with van der Waals surface area (Å²) in [6.45, 7) is 2.01. The number of rotatable bonds is 3. The van der Waals surface area contributed by atoms with Crippen LogP contribution in [0.4, 0.5) is 0 Å². The SMILES string of the molecule is Cc1csc2nc(-c3ccccn3)c(/C=N/N=C(N)N)n12.Cl. The second kappa shape index (κ2) is 6.54. The van der Waals surface area contributed by atoms with Crippen LogP contribution in [0.2, 0.25) is 0 Å². The molecule has 0 aliphatic rings. The normalized spacial score (nSPS) is 10.8. The zero-order chi connectivity index (χ0) is 14.8. The van der Waals surface area contributed by atoms with Crippen molar-refractivity contribution in [2.45, 2.75) is 6.92 Å². The minimum Gasteiger partial charge on any atom is -0.369 e. The van der Waals surface area contributed by atoms with Gasteiger partial charge in [-0.05, 0) is 19.1 Å². The molecule has 0 bridgehead atoms. The number of nitrogens with zero attached hydrogens (tertiary/aromatic N) is 5. The molecule has 4 N–H and O–H groups in total. The number of halogens is 1. The van der Waals surface area contributed by atoms with Crippen molar-refractivity contribution in [2.24, 2.45) is 21.7 Å². The van der Waals surface area contributed by atoms with E-state index in [1.165, 1.54) is 0 Å². The highest BCUT2D eigenvalue weighted by atomic mass is 35.5. The summed E-state index contributed by atoms with van der Waals surface area (Å²) < 4.78 is 2.00. The lowest BCUT2D eigenvalue weighted by Gasteiger charge is -1.99. The Hall–Kier alpha value is -2.45. The molecule has 0 saturated carbocycles. The number of hydrogen-bond donors (Lipinski definition) is 2. The van der Waals surface area contributed by atoms with Crippen LogP contribution in [0, 0.1) is 6.92 Å². The number of nitrogens with two attached hydrogens (primary N) is 2. The molecule has 7 nitrogen and oxygen atoms in total. The number of guanidine groups is 1. The second-order valence-electron chi connectivity index (χ2n) is 4.33. The van der Waals surface area contributed by atoms with E-state index in [1.807, 2.05) is 34.9 Å². The van der Waals surface area contributed by atoms with Gasteiger partial charge in [0.25, 0.3) is 0 Å². The Morgan fingerprint density at radius 1 is 1.36 bits per heavy atom. The second-order valence-corrected chi connectivity index (χ2v) is 5.16. The molecule has 0 spiro atoms. The van der Waals surface area contributed by atoms with Gasteiger partial charge in [0.05, 0.1) is 17.6 Å². The maximum absolute atomic E-state index is 5.28. The van der Waals surface area contributed by atoms with Crippen LogP contribution in [-0.4, -0.2) is 26.5 Å². The molecular weight excluding hydrogens is 322 g/mol. The highest BCUT2D eigenvalue weighted by molar-refractivity contribution is 7.15. The monoisotopic (exact) mass is 335 g/mol. The van der Waals surface area contributed by atoms with Crippen molar-refractivity contribution in [1.29, 1.82) is 0 Å². The van der Waals surface area contributed by atoms with Crippen LogP contribution in [-0.2, 0) is 0 Å². The Morgan fingerprint density at radius 3 is 2.86 bits per heavy atom. The average molecular weight is 336 g/mol. The van der Waals surface area contributed by atoms with E-state index in [9.17, 15) is 0 Å². The van der Waals surface area contributed by atoms with Crippen molar-refractivity contribution in [2.75, 3.05) is 0 Å². The lowest BCUT2D eigenvalue weighted by Crippen LogP contribution is -2.21. The fourth-order valence-corrected chi connectivity index (χ4v) is 2.86. The molecule has 0 aliphatic carbocycles. The van der Waals surface area contributed by atoms with Crippen molar-refractivity contribution in [3.8, 4) is 11.4 Å². The summed E-state index contributed by atoms with van der Waals surface area (Å²) in [5.74, 6) is -0.0894. The minimum atomic E-state index is -0.0894. The Morgan fingerprint density at radius 2 is 2.18 bits per heavy atom. The first-order chi connectivity index (χ1) is 10.2. The zero-order valence-corrected chi connectivity index (χ0v) is 13.3. The average Bonchev–Trinajstić information content (AvgIpc) is 3.01. The van der Waals surface area contributed by atoms with Crippen LogP contribution in [0.5, 0.6) is 0 Å². The van der Waals surface area contributed by atoms with E-state index in [0.717, 1.165) is 27.7 Å². The molecule has 3 rings (SSSR count). The standard InChI is InChI=1S/C13H13N7S.ClH/c1-8-7-21-13-18-11(9-4-2-3-5-16-9)10(20(8)13)6-17-19-12(14)15;/h2-7H,1H3,(H4,14,15,19);1H/b17-6+;. The third-order valence-electron chi connectivity index (χ3n) is 2.83. The molecule has 114 valence electrons. The lowest BCUT2D eigenvalue weighted by molar-refractivity contribution is 1.11. The Bertz CT molecular complexity index is 831. The van der Waals surface area contributed by atoms with E-state index in [4.69, 9.17) is 11.5 Å². The van der Waals surface area contributed by atoms with Crippen LogP contribution in [0.3, 0.4) is 0 Å². The molecular formula is C13H14ClN7S. The van der Waals surface area contributed by atoms with Gasteiger partial charge in [0.15, 0.2) is 4.96 Å². The van der Waals surface area contributed by atoms with Gasteiger partial charge in [0, 0.05) is 17.3 Å². The predicted molar refractivity (Wildman–Crippen MR) is 91.7 cm³/mol. The van der Waals surface area contributed by atoms with Crippen molar-refractivity contribution >= 4 is 40.9 Å². The van der Waals surface area contributed by atoms with E-state index < -0.39 is 0 Å². The predicted octanol–water partition coefficient (Wildman–Crippen LogP) is 1.80. The minimum absolute atomic E-state index is 0. The molecule has 3 heterocycles. The topological polar surface area (TPSA) is 107 Å². The van der Waals surface area contributed by atoms with Gasteiger partial charge in [-0.3, -0.25) is 9.38 Å². The zero-order valence-electron chi connectivity index (χ0n) is 11.7. The van der Waals surface area contributed by atoms with Crippen molar-refractivity contribution in [3.63, 3.8) is 0 Å². The van der Waals surface area contributed by atoms with Crippen molar-refractivity contribution < 1.29 is 0 Å². The van der Waals surface area contributed by atoms with Crippen LogP contribution in [0.1, 0.15) is 11.4 Å². The smallest absolute Gasteiger partial charge is 0.211 e. The van der Waals surface area contributed by atoms with Gasteiger partial charge in [-0.25, -0.2) is 4.98 Å². The molecule has 0 atom stereocenters. The number of imidazole rings is 1. The fourth-order valence-electron chi connectivity index (χ4n) is 1.98. The molecule has 3 aromatic rings. The van der Waals surface area contributed by atoms with Gasteiger partial charge in [0.2, 0.25) is 5.96 Å². The molecule has 0 radical (unpaired) electrons. The third kappa shape index (κ3) is 2.92. The highest BCUT2D eigenvalue weighted by Crippen LogP contribution is 2.26. The first-order valence-corrected chi connectivity index (χ1v) is 7.04. The van der Waals surface area contributed by atoms with Crippen LogP contribution < -0.4 is 11.5 Å². The molecule has 0 fully saturated rings. The quantitative estimate of drug-likeness (QED) is 0.432. The third-order valence-corrected chi connectivity index (χ3v) is 3.77. The Labute approximate surface area is 136 Å². The molecule has 22 heavy (non-hydrogen) atoms. The van der Waals surface area contributed by atoms with Gasteiger partial charge in [-0.1, -0.05) is 6.07 Å². The molecule has 3 aromatic heterocycles. The summed E-state index contributed by atoms with van der Waals surface area (Å²) in [4.78, 5) is 9.83. The maximum Gasteiger partial charge on any atom is 0.211 e. The summed E-state index contributed by atoms with van der Waals surface area (Å²) in [6, 6.07) is 5.68. The van der Waals surface area contributed by atoms with Crippen LogP contribution in [0.15, 0.2) is 40.0 Å². The highest BCUT2D eigenvalue weighted by Gasteiger charge is 2.16. The summed E-state index contributed by atoms with van der Waals surface area (Å²) in [5.41, 5.74) is 14.0. The Kier molecular flexibility index (Phi) is 4.74. The van der Waals surface area contributed by atoms with E-state index in [2.05, 4.69) is 20.2 Å². The van der Waals surface area contributed by atoms with Gasteiger partial charge in [0.1, 0.15) is 5.69 Å². The summed E-state index contributed by atoms with van der Waals surface area (Å²) >= 11 is 1.56. The molecule has 0 aliphatic heterocycles. The van der Waals surface area contributed by atoms with Gasteiger partial charge >= 0.3 is 0 Å². The first-order valence-electron chi connectivity index (χ1n) is 6.16. The lowest BCUT2D eigenvalue weighted by atomic mass is 10.2. The molecule has 0 aromatic carbocycles. The van der Waals surface area contributed by atoms with Gasteiger partial charge < -0.3 is 11.5 Å². The van der Waals surface area contributed by atoms with Crippen molar-refractivity contribution in [3.05, 3.63) is 41.2 Å². The fraction of sp³-hybridized carbons (Fsp3) is 0.0769. The van der Waals surface area contributed by atoms with Crippen LogP contribution >= 0.6 is 23.7 Å². The number of aromatic nitrogens is 3. The first kappa shape index (κ1) is 15.9. The maximum atomic E-state index is 5.28. The summed E-state index contributed by atoms with van der Waals surface area (Å²) in [5, 5.41) is 9.57. The number of aryl methyl sites for hydroxylation is 1. The van der Waals surface area contributed by atoms with Crippen LogP contribution in [0.25, 0.3) is 16.3 Å². The number of hydrogen-bond acceptors (Lipinski definition) is 5. The molecule has 0 saturated heterocycles. The molecule has 9 heteroatoms. The van der Waals surface area contributed by atoms with Crippen molar-refractivity contribution in [1.82, 2.24) is 14.4 Å². The summed E-state index contributed by atoms with van der Waals surface area (Å²) in [6.07, 6.45) is 3.32. The van der Waals surface area contributed by atoms with Gasteiger partial charge in [-0.2, -0.15) is 5.10 Å². The number of thiazole rings is 1. The van der Waals surface area contributed by atoms with E-state index in [0.29, 0.717) is 0 Å².